The molecule has 2 aliphatic heterocycles. The summed E-state index contributed by atoms with van der Waals surface area (Å²) in [7, 11) is 0. The zero-order chi connectivity index (χ0) is 19.2. The van der Waals surface area contributed by atoms with E-state index in [0.29, 0.717) is 25.9 Å². The van der Waals surface area contributed by atoms with Crippen LogP contribution in [0.5, 0.6) is 0 Å². The number of fused-ring (bicyclic) bond motifs is 2. The Morgan fingerprint density at radius 3 is 2.48 bits per heavy atom. The molecular weight excluding hydrogens is 357 g/mol. The van der Waals surface area contributed by atoms with E-state index in [1.807, 2.05) is 0 Å². The van der Waals surface area contributed by atoms with Gasteiger partial charge in [-0.3, -0.25) is 9.69 Å². The third kappa shape index (κ3) is 2.82. The van der Waals surface area contributed by atoms with E-state index >= 15 is 0 Å². The number of H-pyrrole nitrogens is 1. The second-order valence-electron chi connectivity index (χ2n) is 7.14. The lowest BCUT2D eigenvalue weighted by atomic mass is 9.78. The van der Waals surface area contributed by atoms with Crippen molar-refractivity contribution in [3.8, 4) is 0 Å². The lowest BCUT2D eigenvalue weighted by Crippen LogP contribution is -2.57. The number of benzene rings is 1. The molecule has 0 atom stereocenters. The van der Waals surface area contributed by atoms with E-state index in [1.165, 1.54) is 0 Å². The third-order valence-electron chi connectivity index (χ3n) is 5.89. The topological polar surface area (TPSA) is 52.2 Å². The molecule has 2 aliphatic rings. The van der Waals surface area contributed by atoms with Gasteiger partial charge >= 0.3 is 0 Å². The number of nitrogens with one attached hydrogen (secondary N) is 1. The molecule has 0 unspecified atom stereocenters. The van der Waals surface area contributed by atoms with Crippen molar-refractivity contribution in [2.75, 3.05) is 26.2 Å². The number of hydrogen-bond donors (Lipinski definition) is 1. The number of hydrogen-bond acceptors (Lipinski definition) is 3. The Morgan fingerprint density at radius 2 is 1.85 bits per heavy atom. The van der Waals surface area contributed by atoms with Gasteiger partial charge < -0.3 is 9.88 Å². The minimum absolute atomic E-state index is 0.168. The van der Waals surface area contributed by atoms with Gasteiger partial charge in [0.15, 0.2) is 17.5 Å². The van der Waals surface area contributed by atoms with E-state index in [0.717, 1.165) is 43.0 Å². The van der Waals surface area contributed by atoms with Crippen molar-refractivity contribution >= 4 is 5.91 Å². The number of likely N-dealkylation sites (tertiary alicyclic amines) is 1. The van der Waals surface area contributed by atoms with Crippen LogP contribution in [0.2, 0.25) is 0 Å². The Labute approximate surface area is 155 Å². The maximum Gasteiger partial charge on any atom is 0.254 e. The molecule has 0 saturated carbocycles. The standard InChI is InChI=1S/C19H21F3N4O/c1-2-26-6-3-15-17(24-11-23-15)19(26)4-7-25(8-5-19)18(27)12-9-13(20)16(22)14(21)10-12/h9-11H,2-8H2,1H3,(H,23,24). The highest BCUT2D eigenvalue weighted by Crippen LogP contribution is 2.42. The minimum atomic E-state index is -1.56. The monoisotopic (exact) mass is 378 g/mol. The predicted molar refractivity (Wildman–Crippen MR) is 92.7 cm³/mol. The number of aromatic nitrogens is 2. The number of likely N-dealkylation sites (N-methyl/N-ethyl adjacent to an activating group) is 1. The third-order valence-corrected chi connectivity index (χ3v) is 5.89. The Hall–Kier alpha value is -2.35. The summed E-state index contributed by atoms with van der Waals surface area (Å²) in [5.41, 5.74) is 1.79. The molecular formula is C19H21F3N4O. The molecule has 1 amide bonds. The van der Waals surface area contributed by atoms with Crippen molar-refractivity contribution in [1.82, 2.24) is 19.8 Å². The molecule has 144 valence electrons. The number of piperidine rings is 1. The van der Waals surface area contributed by atoms with Gasteiger partial charge in [-0.1, -0.05) is 6.92 Å². The Balaban J connectivity index is 1.56. The minimum Gasteiger partial charge on any atom is -0.348 e. The number of halogens is 3. The van der Waals surface area contributed by atoms with Crippen molar-refractivity contribution in [1.29, 1.82) is 0 Å². The summed E-state index contributed by atoms with van der Waals surface area (Å²) in [6.45, 7) is 4.81. The lowest BCUT2D eigenvalue weighted by molar-refractivity contribution is 0.0102. The summed E-state index contributed by atoms with van der Waals surface area (Å²) in [4.78, 5) is 24.4. The Morgan fingerprint density at radius 1 is 1.19 bits per heavy atom. The number of carbonyl (C=O) groups is 1. The normalized spacial score (nSPS) is 19.3. The molecule has 1 fully saturated rings. The van der Waals surface area contributed by atoms with Crippen LogP contribution >= 0.6 is 0 Å². The molecule has 2 aromatic rings. The second kappa shape index (κ2) is 6.67. The Kier molecular flexibility index (Phi) is 4.46. The van der Waals surface area contributed by atoms with E-state index in [1.54, 1.807) is 11.2 Å². The van der Waals surface area contributed by atoms with Gasteiger partial charge in [0.05, 0.1) is 17.6 Å². The zero-order valence-electron chi connectivity index (χ0n) is 15.1. The van der Waals surface area contributed by atoms with Crippen LogP contribution in [0.4, 0.5) is 13.2 Å². The molecule has 4 rings (SSSR count). The van der Waals surface area contributed by atoms with Gasteiger partial charge in [-0.05, 0) is 31.5 Å². The van der Waals surface area contributed by atoms with Crippen LogP contribution in [0.25, 0.3) is 0 Å². The van der Waals surface area contributed by atoms with E-state index in [2.05, 4.69) is 21.8 Å². The first-order valence-corrected chi connectivity index (χ1v) is 9.18. The summed E-state index contributed by atoms with van der Waals surface area (Å²) in [5, 5.41) is 0. The number of imidazole rings is 1. The van der Waals surface area contributed by atoms with E-state index in [9.17, 15) is 18.0 Å². The first kappa shape index (κ1) is 18.0. The van der Waals surface area contributed by atoms with Gasteiger partial charge in [-0.2, -0.15) is 0 Å². The van der Waals surface area contributed by atoms with Crippen LogP contribution in [-0.2, 0) is 12.0 Å². The maximum atomic E-state index is 13.5. The average molecular weight is 378 g/mol. The molecule has 1 aromatic heterocycles. The summed E-state index contributed by atoms with van der Waals surface area (Å²) < 4.78 is 40.1. The van der Waals surface area contributed by atoms with E-state index in [-0.39, 0.29) is 11.1 Å². The number of nitrogens with zero attached hydrogens (tertiary/aromatic N) is 3. The van der Waals surface area contributed by atoms with Crippen molar-refractivity contribution in [3.05, 3.63) is 52.9 Å². The molecule has 0 bridgehead atoms. The van der Waals surface area contributed by atoms with Gasteiger partial charge in [0.25, 0.3) is 5.91 Å². The van der Waals surface area contributed by atoms with Crippen molar-refractivity contribution in [2.45, 2.75) is 31.7 Å². The van der Waals surface area contributed by atoms with Crippen molar-refractivity contribution < 1.29 is 18.0 Å². The quantitative estimate of drug-likeness (QED) is 0.818. The molecule has 1 saturated heterocycles. The van der Waals surface area contributed by atoms with Gasteiger partial charge in [-0.25, -0.2) is 18.2 Å². The summed E-state index contributed by atoms with van der Waals surface area (Å²) >= 11 is 0. The summed E-state index contributed by atoms with van der Waals surface area (Å²) in [6.07, 6.45) is 4.02. The molecule has 27 heavy (non-hydrogen) atoms. The summed E-state index contributed by atoms with van der Waals surface area (Å²) in [6, 6.07) is 1.52. The first-order valence-electron chi connectivity index (χ1n) is 9.18. The van der Waals surface area contributed by atoms with Crippen LogP contribution in [0, 0.1) is 17.5 Å². The first-order chi connectivity index (χ1) is 13.0. The number of rotatable bonds is 2. The van der Waals surface area contributed by atoms with Gasteiger partial charge in [-0.15, -0.1) is 0 Å². The summed E-state index contributed by atoms with van der Waals surface area (Å²) in [5.74, 6) is -4.74. The fraction of sp³-hybridized carbons (Fsp3) is 0.474. The fourth-order valence-corrected chi connectivity index (χ4v) is 4.48. The fourth-order valence-electron chi connectivity index (χ4n) is 4.48. The lowest BCUT2D eigenvalue weighted by Gasteiger charge is -2.50. The highest BCUT2D eigenvalue weighted by Gasteiger charge is 2.46. The second-order valence-corrected chi connectivity index (χ2v) is 7.14. The maximum absolute atomic E-state index is 13.5. The highest BCUT2D eigenvalue weighted by molar-refractivity contribution is 5.94. The molecule has 5 nitrogen and oxygen atoms in total. The molecule has 1 aromatic carbocycles. The van der Waals surface area contributed by atoms with Gasteiger partial charge in [0.2, 0.25) is 0 Å². The largest absolute Gasteiger partial charge is 0.348 e. The number of aromatic amines is 1. The van der Waals surface area contributed by atoms with Crippen LogP contribution < -0.4 is 0 Å². The van der Waals surface area contributed by atoms with Crippen molar-refractivity contribution in [3.63, 3.8) is 0 Å². The molecule has 1 N–H and O–H groups in total. The molecule has 8 heteroatoms. The van der Waals surface area contributed by atoms with Crippen molar-refractivity contribution in [2.24, 2.45) is 0 Å². The van der Waals surface area contributed by atoms with Crippen LogP contribution in [-0.4, -0.2) is 51.9 Å². The highest BCUT2D eigenvalue weighted by atomic mass is 19.2. The molecule has 3 heterocycles. The SMILES string of the molecule is CCN1CCc2[nH]cnc2C12CCN(C(=O)c1cc(F)c(F)c(F)c1)CC2. The number of carbonyl (C=O) groups excluding carboxylic acids is 1. The smallest absolute Gasteiger partial charge is 0.254 e. The molecule has 0 aliphatic carbocycles. The zero-order valence-corrected chi connectivity index (χ0v) is 15.1. The van der Waals surface area contributed by atoms with E-state index < -0.39 is 23.4 Å². The average Bonchev–Trinajstić information content (AvgIpc) is 3.16. The van der Waals surface area contributed by atoms with Crippen LogP contribution in [0.1, 0.15) is 41.5 Å². The predicted octanol–water partition coefficient (Wildman–Crippen LogP) is 2.84. The number of amides is 1. The van der Waals surface area contributed by atoms with E-state index in [4.69, 9.17) is 0 Å². The molecule has 1 spiro atoms. The van der Waals surface area contributed by atoms with Gasteiger partial charge in [0.1, 0.15) is 0 Å². The van der Waals surface area contributed by atoms with Crippen LogP contribution in [0.15, 0.2) is 18.5 Å². The Bertz CT molecular complexity index is 851. The van der Waals surface area contributed by atoms with Gasteiger partial charge in [0, 0.05) is 37.3 Å². The molecule has 0 radical (unpaired) electrons. The van der Waals surface area contributed by atoms with Crippen LogP contribution in [0.3, 0.4) is 0 Å².